The molecule has 0 unspecified atom stereocenters. The smallest absolute Gasteiger partial charge is 0.222 e. The van der Waals surface area contributed by atoms with Crippen LogP contribution in [0, 0.1) is 6.92 Å². The summed E-state index contributed by atoms with van der Waals surface area (Å²) >= 11 is 0. The normalized spacial score (nSPS) is 18.0. The van der Waals surface area contributed by atoms with E-state index in [2.05, 4.69) is 20.2 Å². The van der Waals surface area contributed by atoms with E-state index in [1.54, 1.807) is 12.5 Å². The lowest BCUT2D eigenvalue weighted by atomic mass is 10.1. The Morgan fingerprint density at radius 1 is 1.43 bits per heavy atom. The Morgan fingerprint density at radius 2 is 2.35 bits per heavy atom. The molecule has 23 heavy (non-hydrogen) atoms. The maximum absolute atomic E-state index is 12.1. The molecule has 0 spiro atoms. The molecule has 2 aromatic heterocycles. The lowest BCUT2D eigenvalue weighted by Gasteiger charge is -2.34. The van der Waals surface area contributed by atoms with Crippen LogP contribution in [0.1, 0.15) is 25.0 Å². The number of nitrogens with zero attached hydrogens (tertiary/aromatic N) is 4. The molecule has 1 fully saturated rings. The van der Waals surface area contributed by atoms with Crippen LogP contribution in [0.25, 0.3) is 0 Å². The number of aryl methyl sites for hydroxylation is 2. The van der Waals surface area contributed by atoms with Crippen molar-refractivity contribution in [2.24, 2.45) is 0 Å². The zero-order chi connectivity index (χ0) is 16.1. The van der Waals surface area contributed by atoms with Gasteiger partial charge in [-0.05, 0) is 31.9 Å². The monoisotopic (exact) mass is 313 g/mol. The number of amides is 1. The van der Waals surface area contributed by atoms with E-state index in [1.807, 2.05) is 35.9 Å². The predicted molar refractivity (Wildman–Crippen MR) is 89.2 cm³/mol. The minimum atomic E-state index is 0.0998. The number of aromatic nitrogens is 3. The molecule has 6 heteroatoms. The number of imidazole rings is 1. The molecule has 1 aliphatic heterocycles. The molecule has 0 aromatic carbocycles. The third-order valence-electron chi connectivity index (χ3n) is 4.14. The SMILES string of the molecule is Cc1cccc(N2CCC[C@@H](NC(=O)CCn3ccnc3)C2)n1. The molecule has 0 bridgehead atoms. The Hall–Kier alpha value is -2.37. The Labute approximate surface area is 136 Å². The van der Waals surface area contributed by atoms with Crippen LogP contribution in [0.3, 0.4) is 0 Å². The van der Waals surface area contributed by atoms with Gasteiger partial charge >= 0.3 is 0 Å². The molecular weight excluding hydrogens is 290 g/mol. The summed E-state index contributed by atoms with van der Waals surface area (Å²) in [4.78, 5) is 23.0. The first-order valence-electron chi connectivity index (χ1n) is 8.14. The lowest BCUT2D eigenvalue weighted by Crippen LogP contribution is -2.48. The summed E-state index contributed by atoms with van der Waals surface area (Å²) in [6, 6.07) is 6.27. The molecule has 1 N–H and O–H groups in total. The molecule has 0 saturated carbocycles. The van der Waals surface area contributed by atoms with Crippen LogP contribution in [0.2, 0.25) is 0 Å². The molecule has 6 nitrogen and oxygen atoms in total. The van der Waals surface area contributed by atoms with Crippen molar-refractivity contribution in [2.75, 3.05) is 18.0 Å². The number of carbonyl (C=O) groups excluding carboxylic acids is 1. The number of piperidine rings is 1. The van der Waals surface area contributed by atoms with Crippen LogP contribution in [0.5, 0.6) is 0 Å². The van der Waals surface area contributed by atoms with Gasteiger partial charge in [-0.15, -0.1) is 0 Å². The van der Waals surface area contributed by atoms with Gasteiger partial charge < -0.3 is 14.8 Å². The molecule has 0 radical (unpaired) electrons. The van der Waals surface area contributed by atoms with Crippen LogP contribution in [0.4, 0.5) is 5.82 Å². The number of hydrogen-bond donors (Lipinski definition) is 1. The topological polar surface area (TPSA) is 63.1 Å². The van der Waals surface area contributed by atoms with Crippen LogP contribution in [-0.4, -0.2) is 39.6 Å². The number of pyridine rings is 1. The minimum Gasteiger partial charge on any atom is -0.355 e. The lowest BCUT2D eigenvalue weighted by molar-refractivity contribution is -0.122. The zero-order valence-electron chi connectivity index (χ0n) is 13.5. The van der Waals surface area contributed by atoms with Crippen LogP contribution in [0.15, 0.2) is 36.9 Å². The van der Waals surface area contributed by atoms with E-state index in [0.717, 1.165) is 37.4 Å². The summed E-state index contributed by atoms with van der Waals surface area (Å²) in [5, 5.41) is 3.15. The fourth-order valence-electron chi connectivity index (χ4n) is 2.96. The van der Waals surface area contributed by atoms with Crippen molar-refractivity contribution in [1.82, 2.24) is 19.9 Å². The maximum atomic E-state index is 12.1. The van der Waals surface area contributed by atoms with E-state index in [4.69, 9.17) is 0 Å². The van der Waals surface area contributed by atoms with E-state index < -0.39 is 0 Å². The van der Waals surface area contributed by atoms with Crippen molar-refractivity contribution in [3.63, 3.8) is 0 Å². The van der Waals surface area contributed by atoms with Gasteiger partial charge in [0.25, 0.3) is 0 Å². The van der Waals surface area contributed by atoms with Crippen molar-refractivity contribution in [1.29, 1.82) is 0 Å². The summed E-state index contributed by atoms with van der Waals surface area (Å²) in [6.07, 6.45) is 7.92. The Morgan fingerprint density at radius 3 is 3.13 bits per heavy atom. The molecule has 1 saturated heterocycles. The second-order valence-electron chi connectivity index (χ2n) is 6.04. The number of rotatable bonds is 5. The van der Waals surface area contributed by atoms with Crippen LogP contribution < -0.4 is 10.2 Å². The summed E-state index contributed by atoms with van der Waals surface area (Å²) < 4.78 is 1.92. The van der Waals surface area contributed by atoms with E-state index in [-0.39, 0.29) is 11.9 Å². The van der Waals surface area contributed by atoms with Crippen molar-refractivity contribution in [3.8, 4) is 0 Å². The first kappa shape index (κ1) is 15.5. The second-order valence-corrected chi connectivity index (χ2v) is 6.04. The quantitative estimate of drug-likeness (QED) is 0.913. The van der Waals surface area contributed by atoms with Gasteiger partial charge in [-0.2, -0.15) is 0 Å². The summed E-state index contributed by atoms with van der Waals surface area (Å²) in [6.45, 7) is 4.50. The summed E-state index contributed by atoms with van der Waals surface area (Å²) in [5.74, 6) is 1.10. The van der Waals surface area contributed by atoms with E-state index in [9.17, 15) is 4.79 Å². The maximum Gasteiger partial charge on any atom is 0.222 e. The highest BCUT2D eigenvalue weighted by molar-refractivity contribution is 5.76. The average Bonchev–Trinajstić information content (AvgIpc) is 3.07. The third-order valence-corrected chi connectivity index (χ3v) is 4.14. The fourth-order valence-corrected chi connectivity index (χ4v) is 2.96. The van der Waals surface area contributed by atoms with Gasteiger partial charge in [0.15, 0.2) is 0 Å². The molecule has 1 aliphatic rings. The number of hydrogen-bond acceptors (Lipinski definition) is 4. The highest BCUT2D eigenvalue weighted by atomic mass is 16.1. The van der Waals surface area contributed by atoms with Crippen molar-refractivity contribution in [2.45, 2.75) is 38.8 Å². The number of anilines is 1. The van der Waals surface area contributed by atoms with E-state index >= 15 is 0 Å². The molecule has 2 aromatic rings. The molecule has 3 rings (SSSR count). The average molecular weight is 313 g/mol. The number of carbonyl (C=O) groups is 1. The molecule has 0 aliphatic carbocycles. The zero-order valence-corrected chi connectivity index (χ0v) is 13.5. The van der Waals surface area contributed by atoms with E-state index in [1.165, 1.54) is 0 Å². The largest absolute Gasteiger partial charge is 0.355 e. The highest BCUT2D eigenvalue weighted by Gasteiger charge is 2.22. The van der Waals surface area contributed by atoms with Gasteiger partial charge in [0, 0.05) is 50.2 Å². The summed E-state index contributed by atoms with van der Waals surface area (Å²) in [7, 11) is 0. The van der Waals surface area contributed by atoms with Crippen molar-refractivity contribution >= 4 is 11.7 Å². The third kappa shape index (κ3) is 4.31. The van der Waals surface area contributed by atoms with Crippen molar-refractivity contribution in [3.05, 3.63) is 42.6 Å². The summed E-state index contributed by atoms with van der Waals surface area (Å²) in [5.41, 5.74) is 1.02. The first-order chi connectivity index (χ1) is 11.2. The number of nitrogens with one attached hydrogen (secondary N) is 1. The molecule has 1 atom stereocenters. The highest BCUT2D eigenvalue weighted by Crippen LogP contribution is 2.18. The van der Waals surface area contributed by atoms with Gasteiger partial charge in [0.1, 0.15) is 5.82 Å². The molecule has 122 valence electrons. The van der Waals surface area contributed by atoms with Gasteiger partial charge in [-0.1, -0.05) is 6.07 Å². The second kappa shape index (κ2) is 7.26. The fraction of sp³-hybridized carbons (Fsp3) is 0.471. The predicted octanol–water partition coefficient (Wildman–Crippen LogP) is 1.76. The van der Waals surface area contributed by atoms with Gasteiger partial charge in [-0.25, -0.2) is 9.97 Å². The van der Waals surface area contributed by atoms with Crippen LogP contribution >= 0.6 is 0 Å². The van der Waals surface area contributed by atoms with Gasteiger partial charge in [0.05, 0.1) is 6.33 Å². The standard InChI is InChI=1S/C17H23N5O/c1-14-4-2-6-16(19-14)22-9-3-5-15(12-22)20-17(23)7-10-21-11-8-18-13-21/h2,4,6,8,11,13,15H,3,5,7,9-10,12H2,1H3,(H,20,23)/t15-/m1/s1. The minimum absolute atomic E-state index is 0.0998. The van der Waals surface area contributed by atoms with Crippen LogP contribution in [-0.2, 0) is 11.3 Å². The Kier molecular flexibility index (Phi) is 4.90. The van der Waals surface area contributed by atoms with E-state index in [0.29, 0.717) is 13.0 Å². The first-order valence-corrected chi connectivity index (χ1v) is 8.14. The van der Waals surface area contributed by atoms with Gasteiger partial charge in [0.2, 0.25) is 5.91 Å². The Balaban J connectivity index is 1.51. The van der Waals surface area contributed by atoms with Crippen molar-refractivity contribution < 1.29 is 4.79 Å². The van der Waals surface area contributed by atoms with Gasteiger partial charge in [-0.3, -0.25) is 4.79 Å². The molecule has 1 amide bonds. The molecular formula is C17H23N5O. The Bertz CT molecular complexity index is 640. The molecule has 3 heterocycles.